The Bertz CT molecular complexity index is 1890. The first kappa shape index (κ1) is 21.5. The second kappa shape index (κ2) is 7.95. The molecule has 6 aromatic carbocycles. The van der Waals surface area contributed by atoms with Crippen molar-refractivity contribution in [3.8, 4) is 22.3 Å². The van der Waals surface area contributed by atoms with Crippen LogP contribution in [0.15, 0.2) is 142 Å². The first-order valence-electron chi connectivity index (χ1n) is 12.6. The van der Waals surface area contributed by atoms with Gasteiger partial charge in [-0.1, -0.05) is 137 Å². The maximum Gasteiger partial charge on any atom is 0.0736 e. The molecule has 1 aliphatic carbocycles. The monoisotopic (exact) mass is 552 g/mol. The van der Waals surface area contributed by atoms with Crippen LogP contribution in [0.3, 0.4) is 0 Å². The maximum atomic E-state index is 3.86. The second-order valence-corrected chi connectivity index (χ2v) is 11.8. The molecule has 1 spiro atoms. The Morgan fingerprint density at radius 2 is 1.14 bits per heavy atom. The molecule has 1 heterocycles. The second-order valence-electron chi connectivity index (χ2n) is 9.79. The standard InChI is InChI=1S/C35H21BrS/c36-23-18-19-28-26-12-4-3-11-25(26)27-13-5-6-14-29(27)35(32(28)21-23)30-15-7-8-16-33(30)37-34-24-10-2-1-9-22(24)17-20-31(34)35/h1-21H. The molecule has 0 radical (unpaired) electrons. The molecule has 174 valence electrons. The summed E-state index contributed by atoms with van der Waals surface area (Å²) in [5.41, 5.74) is 10.1. The summed E-state index contributed by atoms with van der Waals surface area (Å²) >= 11 is 5.77. The molecule has 0 nitrogen and oxygen atoms in total. The lowest BCUT2D eigenvalue weighted by molar-refractivity contribution is 0.711. The fourth-order valence-electron chi connectivity index (χ4n) is 6.55. The number of halogens is 1. The van der Waals surface area contributed by atoms with Gasteiger partial charge in [0.15, 0.2) is 0 Å². The summed E-state index contributed by atoms with van der Waals surface area (Å²) in [4.78, 5) is 2.67. The molecular weight excluding hydrogens is 532 g/mol. The zero-order valence-corrected chi connectivity index (χ0v) is 22.3. The van der Waals surface area contributed by atoms with Gasteiger partial charge in [0.25, 0.3) is 0 Å². The van der Waals surface area contributed by atoms with Crippen molar-refractivity contribution in [2.45, 2.75) is 15.2 Å². The molecule has 0 fully saturated rings. The van der Waals surface area contributed by atoms with Gasteiger partial charge in [0, 0.05) is 14.3 Å². The molecule has 0 bridgehead atoms. The lowest BCUT2D eigenvalue weighted by Gasteiger charge is -2.43. The van der Waals surface area contributed by atoms with Gasteiger partial charge in [0.1, 0.15) is 0 Å². The third kappa shape index (κ3) is 2.86. The Hall–Kier alpha value is -3.59. The van der Waals surface area contributed by atoms with Crippen molar-refractivity contribution in [1.29, 1.82) is 0 Å². The first-order chi connectivity index (χ1) is 18.3. The van der Waals surface area contributed by atoms with E-state index in [-0.39, 0.29) is 0 Å². The van der Waals surface area contributed by atoms with Gasteiger partial charge < -0.3 is 0 Å². The Labute approximate surface area is 229 Å². The quantitative estimate of drug-likeness (QED) is 0.180. The van der Waals surface area contributed by atoms with Crippen LogP contribution in [0.2, 0.25) is 0 Å². The Kier molecular flexibility index (Phi) is 4.62. The van der Waals surface area contributed by atoms with Gasteiger partial charge >= 0.3 is 0 Å². The van der Waals surface area contributed by atoms with E-state index in [0.717, 1.165) is 4.47 Å². The van der Waals surface area contributed by atoms with Crippen LogP contribution in [0.5, 0.6) is 0 Å². The minimum atomic E-state index is -0.462. The van der Waals surface area contributed by atoms with Crippen LogP contribution in [-0.2, 0) is 5.41 Å². The summed E-state index contributed by atoms with van der Waals surface area (Å²) in [5, 5.41) is 2.60. The third-order valence-corrected chi connectivity index (χ3v) is 9.72. The van der Waals surface area contributed by atoms with Crippen molar-refractivity contribution in [1.82, 2.24) is 0 Å². The van der Waals surface area contributed by atoms with Gasteiger partial charge in [-0.15, -0.1) is 0 Å². The normalized spacial score (nSPS) is 16.8. The van der Waals surface area contributed by atoms with Gasteiger partial charge in [0.2, 0.25) is 0 Å². The molecule has 0 N–H and O–H groups in total. The number of hydrogen-bond donors (Lipinski definition) is 0. The van der Waals surface area contributed by atoms with Crippen LogP contribution in [0, 0.1) is 0 Å². The van der Waals surface area contributed by atoms with Crippen LogP contribution in [0.1, 0.15) is 22.3 Å². The van der Waals surface area contributed by atoms with Gasteiger partial charge in [-0.3, -0.25) is 0 Å². The minimum Gasteiger partial charge on any atom is -0.0888 e. The average molecular weight is 554 g/mol. The fourth-order valence-corrected chi connectivity index (χ4v) is 8.24. The van der Waals surface area contributed by atoms with Crippen molar-refractivity contribution in [2.75, 3.05) is 0 Å². The molecule has 0 amide bonds. The van der Waals surface area contributed by atoms with Crippen molar-refractivity contribution >= 4 is 38.5 Å². The highest BCUT2D eigenvalue weighted by Gasteiger charge is 2.48. The summed E-state index contributed by atoms with van der Waals surface area (Å²) in [5.74, 6) is 0. The van der Waals surface area contributed by atoms with E-state index >= 15 is 0 Å². The lowest BCUT2D eigenvalue weighted by Crippen LogP contribution is -2.34. The van der Waals surface area contributed by atoms with Crippen molar-refractivity contribution in [3.05, 3.63) is 154 Å². The average Bonchev–Trinajstić information content (AvgIpc) is 3.05. The molecule has 0 saturated heterocycles. The number of fused-ring (bicyclic) bond motifs is 13. The Balaban J connectivity index is 1.66. The molecule has 1 unspecified atom stereocenters. The third-order valence-electron chi connectivity index (χ3n) is 8.01. The molecular formula is C35H21BrS. The van der Waals surface area contributed by atoms with Crippen LogP contribution in [0.4, 0.5) is 0 Å². The van der Waals surface area contributed by atoms with Crippen molar-refractivity contribution < 1.29 is 0 Å². The van der Waals surface area contributed by atoms with E-state index < -0.39 is 5.41 Å². The summed E-state index contributed by atoms with van der Waals surface area (Å²) in [6.45, 7) is 0. The van der Waals surface area contributed by atoms with E-state index in [9.17, 15) is 0 Å². The highest BCUT2D eigenvalue weighted by molar-refractivity contribution is 9.10. The summed E-state index contributed by atoms with van der Waals surface area (Å²) in [7, 11) is 0. The topological polar surface area (TPSA) is 0 Å². The van der Waals surface area contributed by atoms with E-state index in [2.05, 4.69) is 143 Å². The molecule has 8 rings (SSSR count). The Morgan fingerprint density at radius 3 is 1.97 bits per heavy atom. The highest BCUT2D eigenvalue weighted by atomic mass is 79.9. The van der Waals surface area contributed by atoms with Gasteiger partial charge in [-0.05, 0) is 73.5 Å². The largest absolute Gasteiger partial charge is 0.0888 e. The minimum absolute atomic E-state index is 0.462. The van der Waals surface area contributed by atoms with Gasteiger partial charge in [0.05, 0.1) is 5.41 Å². The van der Waals surface area contributed by atoms with E-state index in [1.54, 1.807) is 0 Å². The van der Waals surface area contributed by atoms with Crippen molar-refractivity contribution in [3.63, 3.8) is 0 Å². The van der Waals surface area contributed by atoms with Crippen LogP contribution in [0.25, 0.3) is 33.0 Å². The lowest BCUT2D eigenvalue weighted by atomic mass is 9.63. The van der Waals surface area contributed by atoms with E-state index in [0.29, 0.717) is 0 Å². The fraction of sp³-hybridized carbons (Fsp3) is 0.0286. The van der Waals surface area contributed by atoms with E-state index in [4.69, 9.17) is 0 Å². The summed E-state index contributed by atoms with van der Waals surface area (Å²) < 4.78 is 1.10. The SMILES string of the molecule is Brc1ccc2c(c1)C1(c3ccccc3Sc3c1ccc1ccccc31)c1ccccc1-c1ccccc1-2. The summed E-state index contributed by atoms with van der Waals surface area (Å²) in [6, 6.07) is 47.3. The van der Waals surface area contributed by atoms with Crippen molar-refractivity contribution in [2.24, 2.45) is 0 Å². The van der Waals surface area contributed by atoms with Crippen LogP contribution >= 0.6 is 27.7 Å². The molecule has 6 aromatic rings. The highest BCUT2D eigenvalue weighted by Crippen LogP contribution is 2.61. The summed E-state index contributed by atoms with van der Waals surface area (Å²) in [6.07, 6.45) is 0. The van der Waals surface area contributed by atoms with E-state index in [1.807, 2.05) is 11.8 Å². The Morgan fingerprint density at radius 1 is 0.486 bits per heavy atom. The zero-order chi connectivity index (χ0) is 24.6. The van der Waals surface area contributed by atoms with E-state index in [1.165, 1.54) is 65.1 Å². The molecule has 1 atom stereocenters. The predicted octanol–water partition coefficient (Wildman–Crippen LogP) is 10.1. The molecule has 37 heavy (non-hydrogen) atoms. The number of rotatable bonds is 0. The first-order valence-corrected chi connectivity index (χ1v) is 14.2. The molecule has 2 aliphatic rings. The van der Waals surface area contributed by atoms with Crippen LogP contribution in [-0.4, -0.2) is 0 Å². The maximum absolute atomic E-state index is 3.86. The van der Waals surface area contributed by atoms with Gasteiger partial charge in [-0.25, -0.2) is 0 Å². The molecule has 0 saturated carbocycles. The smallest absolute Gasteiger partial charge is 0.0736 e. The molecule has 0 aromatic heterocycles. The predicted molar refractivity (Wildman–Crippen MR) is 159 cm³/mol. The van der Waals surface area contributed by atoms with Crippen LogP contribution < -0.4 is 0 Å². The number of benzene rings is 6. The van der Waals surface area contributed by atoms with Gasteiger partial charge in [-0.2, -0.15) is 0 Å². The molecule has 1 aliphatic heterocycles. The molecule has 2 heteroatoms. The number of hydrogen-bond acceptors (Lipinski definition) is 1. The zero-order valence-electron chi connectivity index (χ0n) is 19.9.